The third-order valence-corrected chi connectivity index (χ3v) is 10.9. The minimum atomic E-state index is -0.526. The lowest BCUT2D eigenvalue weighted by molar-refractivity contribution is -0.0474. The zero-order valence-electron chi connectivity index (χ0n) is 32.9. The van der Waals surface area contributed by atoms with E-state index in [1.807, 2.05) is 53.8 Å². The van der Waals surface area contributed by atoms with Gasteiger partial charge in [-0.3, -0.25) is 14.7 Å². The van der Waals surface area contributed by atoms with Crippen LogP contribution >= 0.6 is 0 Å². The zero-order valence-corrected chi connectivity index (χ0v) is 32.9. The van der Waals surface area contributed by atoms with Crippen molar-refractivity contribution in [3.63, 3.8) is 0 Å². The number of aromatic nitrogens is 3. The van der Waals surface area contributed by atoms with Crippen LogP contribution in [0, 0.1) is 11.2 Å². The Morgan fingerprint density at radius 2 is 1.89 bits per heavy atom. The molecule has 0 bridgehead atoms. The van der Waals surface area contributed by atoms with Crippen molar-refractivity contribution in [2.45, 2.75) is 97.6 Å². The van der Waals surface area contributed by atoms with Crippen LogP contribution in [-0.2, 0) is 22.4 Å². The van der Waals surface area contributed by atoms with Gasteiger partial charge in [-0.15, -0.1) is 0 Å². The first-order valence-electron chi connectivity index (χ1n) is 19.6. The van der Waals surface area contributed by atoms with Crippen molar-refractivity contribution in [1.29, 1.82) is 0 Å². The van der Waals surface area contributed by atoms with Crippen LogP contribution in [0.5, 0.6) is 17.2 Å². The van der Waals surface area contributed by atoms with Crippen LogP contribution in [0.25, 0.3) is 0 Å². The molecule has 1 saturated carbocycles. The second-order valence-corrected chi connectivity index (χ2v) is 16.6. The SMILES string of the molecule is CCN(C(=O)c1cc(F)ccc1Oc1cncnc1N1CC2(CC(Oc3ccnc4c3CN(CC[C@H]3CN(C(=O)OC(C)(C)C)CCO3)CC4)C2)C1)C(C)C. The molecule has 55 heavy (non-hydrogen) atoms. The fraction of sp³-hybridized carbons (Fsp3) is 0.585. The largest absolute Gasteiger partial charge is 0.490 e. The molecule has 14 heteroatoms. The first-order chi connectivity index (χ1) is 26.3. The Morgan fingerprint density at radius 3 is 2.64 bits per heavy atom. The summed E-state index contributed by atoms with van der Waals surface area (Å²) >= 11 is 0. The summed E-state index contributed by atoms with van der Waals surface area (Å²) in [5.41, 5.74) is 2.01. The molecule has 0 radical (unpaired) electrons. The Kier molecular flexibility index (Phi) is 11.2. The molecule has 296 valence electrons. The highest BCUT2D eigenvalue weighted by Crippen LogP contribution is 2.52. The van der Waals surface area contributed by atoms with Gasteiger partial charge in [-0.1, -0.05) is 0 Å². The van der Waals surface area contributed by atoms with Crippen LogP contribution in [0.1, 0.15) is 82.4 Å². The van der Waals surface area contributed by atoms with Crippen molar-refractivity contribution in [3.8, 4) is 17.2 Å². The van der Waals surface area contributed by atoms with E-state index in [4.69, 9.17) is 23.9 Å². The fourth-order valence-electron chi connectivity index (χ4n) is 8.22. The van der Waals surface area contributed by atoms with Gasteiger partial charge in [0.05, 0.1) is 31.0 Å². The van der Waals surface area contributed by atoms with Crippen LogP contribution in [0.2, 0.25) is 0 Å². The Labute approximate surface area is 323 Å². The van der Waals surface area contributed by atoms with Gasteiger partial charge in [0.25, 0.3) is 5.91 Å². The Balaban J connectivity index is 0.926. The van der Waals surface area contributed by atoms with Crippen LogP contribution in [-0.4, -0.2) is 118 Å². The van der Waals surface area contributed by atoms with Crippen molar-refractivity contribution in [2.75, 3.05) is 57.3 Å². The molecule has 0 N–H and O–H groups in total. The number of carbonyl (C=O) groups is 2. The number of morpholine rings is 1. The minimum Gasteiger partial charge on any atom is -0.490 e. The van der Waals surface area contributed by atoms with Crippen LogP contribution in [0.15, 0.2) is 43.0 Å². The summed E-state index contributed by atoms with van der Waals surface area (Å²) in [6.07, 6.45) is 8.27. The maximum Gasteiger partial charge on any atom is 0.410 e. The fourth-order valence-corrected chi connectivity index (χ4v) is 8.22. The van der Waals surface area contributed by atoms with Crippen molar-refractivity contribution >= 4 is 17.8 Å². The average Bonchev–Trinajstić information content (AvgIpc) is 3.12. The van der Waals surface area contributed by atoms with Gasteiger partial charge in [0.1, 0.15) is 35.3 Å². The van der Waals surface area contributed by atoms with E-state index in [9.17, 15) is 14.0 Å². The molecule has 1 aromatic carbocycles. The van der Waals surface area contributed by atoms with Gasteiger partial charge in [-0.2, -0.15) is 0 Å². The van der Waals surface area contributed by atoms with E-state index in [2.05, 4.69) is 19.8 Å². The number of hydrogen-bond acceptors (Lipinski definition) is 11. The topological polar surface area (TPSA) is 123 Å². The number of nitrogens with zero attached hydrogens (tertiary/aromatic N) is 7. The predicted molar refractivity (Wildman–Crippen MR) is 204 cm³/mol. The molecule has 3 aromatic rings. The van der Waals surface area contributed by atoms with E-state index in [1.54, 1.807) is 16.0 Å². The summed E-state index contributed by atoms with van der Waals surface area (Å²) < 4.78 is 38.9. The third kappa shape index (κ3) is 8.80. The molecule has 1 atom stereocenters. The van der Waals surface area contributed by atoms with E-state index in [0.717, 1.165) is 75.4 Å². The highest BCUT2D eigenvalue weighted by atomic mass is 19.1. The normalized spacial score (nSPS) is 19.7. The molecule has 1 spiro atoms. The van der Waals surface area contributed by atoms with E-state index >= 15 is 0 Å². The summed E-state index contributed by atoms with van der Waals surface area (Å²) in [7, 11) is 0. The molecule has 3 fully saturated rings. The average molecular weight is 760 g/mol. The van der Waals surface area contributed by atoms with Crippen molar-refractivity contribution in [1.82, 2.24) is 29.7 Å². The second kappa shape index (κ2) is 15.9. The highest BCUT2D eigenvalue weighted by Gasteiger charge is 2.54. The van der Waals surface area contributed by atoms with Gasteiger partial charge >= 0.3 is 6.09 Å². The maximum atomic E-state index is 14.4. The van der Waals surface area contributed by atoms with Gasteiger partial charge in [-0.25, -0.2) is 19.2 Å². The molecule has 13 nitrogen and oxygen atoms in total. The molecule has 1 aliphatic carbocycles. The lowest BCUT2D eigenvalue weighted by atomic mass is 9.61. The maximum absolute atomic E-state index is 14.4. The third-order valence-electron chi connectivity index (χ3n) is 10.9. The van der Waals surface area contributed by atoms with Crippen LogP contribution < -0.4 is 14.4 Å². The first-order valence-corrected chi connectivity index (χ1v) is 19.6. The number of pyridine rings is 1. The summed E-state index contributed by atoms with van der Waals surface area (Å²) in [5.74, 6) is 1.44. The predicted octanol–water partition coefficient (Wildman–Crippen LogP) is 6.11. The standard InChI is InChI=1S/C41H54FN7O6/c1-7-49(27(2)3)38(50)31-18-28(42)8-9-34(31)54-36-21-43-26-45-37(36)48-24-41(25-48)19-30(20-41)53-35-10-13-44-33-12-15-46(23-32(33)35)14-11-29-22-47(16-17-52-29)39(51)55-40(4,5)6/h8-10,13,18,21,26-27,29-30H,7,11-12,14-17,19-20,22-25H2,1-6H3/t29-/m0/s1. The van der Waals surface area contributed by atoms with Crippen molar-refractivity contribution < 1.29 is 32.9 Å². The van der Waals surface area contributed by atoms with E-state index in [0.29, 0.717) is 37.8 Å². The Bertz CT molecular complexity index is 1860. The number of halogens is 1. The molecule has 2 amide bonds. The van der Waals surface area contributed by atoms with Crippen molar-refractivity contribution in [3.05, 3.63) is 65.6 Å². The summed E-state index contributed by atoms with van der Waals surface area (Å²) in [5, 5.41) is 0. The number of ether oxygens (including phenoxy) is 4. The lowest BCUT2D eigenvalue weighted by Gasteiger charge is -2.59. The molecule has 7 rings (SSSR count). The number of carbonyl (C=O) groups excluding carboxylic acids is 2. The van der Waals surface area contributed by atoms with E-state index in [1.165, 1.54) is 24.5 Å². The van der Waals surface area contributed by atoms with Gasteiger partial charge < -0.3 is 33.6 Å². The molecule has 2 aromatic heterocycles. The quantitative estimate of drug-likeness (QED) is 0.225. The van der Waals surface area contributed by atoms with Crippen LogP contribution in [0.4, 0.5) is 15.0 Å². The minimum absolute atomic E-state index is 0.0310. The number of benzene rings is 1. The summed E-state index contributed by atoms with van der Waals surface area (Å²) in [6, 6.07) is 5.95. The molecule has 3 aliphatic heterocycles. The summed E-state index contributed by atoms with van der Waals surface area (Å²) in [6.45, 7) is 17.6. The smallest absolute Gasteiger partial charge is 0.410 e. The van der Waals surface area contributed by atoms with E-state index in [-0.39, 0.29) is 47.0 Å². The number of rotatable bonds is 11. The Morgan fingerprint density at radius 1 is 1.09 bits per heavy atom. The number of fused-ring (bicyclic) bond motifs is 1. The highest BCUT2D eigenvalue weighted by molar-refractivity contribution is 5.97. The lowest BCUT2D eigenvalue weighted by Crippen LogP contribution is -2.65. The van der Waals surface area contributed by atoms with Crippen molar-refractivity contribution in [2.24, 2.45) is 5.41 Å². The molecular weight excluding hydrogens is 705 g/mol. The molecule has 2 saturated heterocycles. The van der Waals surface area contributed by atoms with Gasteiger partial charge in [0, 0.05) is 81.1 Å². The first kappa shape index (κ1) is 38.7. The van der Waals surface area contributed by atoms with Gasteiger partial charge in [0.2, 0.25) is 0 Å². The second-order valence-electron chi connectivity index (χ2n) is 16.6. The monoisotopic (exact) mass is 759 g/mol. The zero-order chi connectivity index (χ0) is 38.9. The Hall–Kier alpha value is -4.56. The molecule has 5 heterocycles. The molecule has 0 unspecified atom stereocenters. The van der Waals surface area contributed by atoms with Crippen LogP contribution in [0.3, 0.4) is 0 Å². The van der Waals surface area contributed by atoms with Gasteiger partial charge in [-0.05, 0) is 85.1 Å². The number of hydrogen-bond donors (Lipinski definition) is 0. The summed E-state index contributed by atoms with van der Waals surface area (Å²) in [4.78, 5) is 47.5. The number of anilines is 1. The van der Waals surface area contributed by atoms with E-state index < -0.39 is 11.4 Å². The molecular formula is C41H54FN7O6. The molecule has 4 aliphatic rings. The van der Waals surface area contributed by atoms with Gasteiger partial charge in [0.15, 0.2) is 11.6 Å². The number of amides is 2.